The number of nitrogens with zero attached hydrogens (tertiary/aromatic N) is 1. The Bertz CT molecular complexity index is 424. The average molecular weight is 187 g/mol. The van der Waals surface area contributed by atoms with Crippen LogP contribution >= 0.6 is 0 Å². The molecule has 0 amide bonds. The van der Waals surface area contributed by atoms with Crippen molar-refractivity contribution in [1.29, 1.82) is 0 Å². The van der Waals surface area contributed by atoms with E-state index in [-0.39, 0.29) is 0 Å². The van der Waals surface area contributed by atoms with Crippen LogP contribution in [0, 0.1) is 13.8 Å². The highest BCUT2D eigenvalue weighted by Crippen LogP contribution is 2.27. The van der Waals surface area contributed by atoms with Crippen LogP contribution in [0.2, 0.25) is 0 Å². The summed E-state index contributed by atoms with van der Waals surface area (Å²) < 4.78 is 2.41. The maximum Gasteiger partial charge on any atom is 0.0279 e. The Morgan fingerprint density at radius 3 is 1.71 bits per heavy atom. The van der Waals surface area contributed by atoms with Crippen LogP contribution in [0.3, 0.4) is 0 Å². The molecule has 0 radical (unpaired) electrons. The van der Waals surface area contributed by atoms with Crippen LogP contribution in [-0.4, -0.2) is 4.57 Å². The van der Waals surface area contributed by atoms with E-state index in [1.165, 1.54) is 22.2 Å². The SMILES string of the molecule is Cc1c2ccccc2c(C)n1C(C)C. The molecule has 0 bridgehead atoms. The molecule has 2 rings (SSSR count). The number of aromatic nitrogens is 1. The molecule has 2 aromatic rings. The molecule has 1 heteroatoms. The third-order valence-corrected chi connectivity index (χ3v) is 2.95. The smallest absolute Gasteiger partial charge is 0.0279 e. The van der Waals surface area contributed by atoms with Gasteiger partial charge in [0.1, 0.15) is 0 Å². The third-order valence-electron chi connectivity index (χ3n) is 2.95. The molecule has 74 valence electrons. The molecule has 0 aliphatic carbocycles. The highest BCUT2D eigenvalue weighted by atomic mass is 15.0. The van der Waals surface area contributed by atoms with Crippen molar-refractivity contribution < 1.29 is 0 Å². The molecule has 0 spiro atoms. The fourth-order valence-corrected chi connectivity index (χ4v) is 2.40. The van der Waals surface area contributed by atoms with Crippen LogP contribution in [0.15, 0.2) is 24.3 Å². The van der Waals surface area contributed by atoms with Gasteiger partial charge >= 0.3 is 0 Å². The number of hydrogen-bond donors (Lipinski definition) is 0. The van der Waals surface area contributed by atoms with E-state index in [0.717, 1.165) is 0 Å². The number of fused-ring (bicyclic) bond motifs is 1. The molecule has 0 saturated heterocycles. The molecule has 1 nitrogen and oxygen atoms in total. The van der Waals surface area contributed by atoms with Crippen molar-refractivity contribution in [3.05, 3.63) is 35.7 Å². The van der Waals surface area contributed by atoms with Gasteiger partial charge in [-0.05, 0) is 27.7 Å². The molecule has 0 aliphatic heterocycles. The van der Waals surface area contributed by atoms with E-state index in [9.17, 15) is 0 Å². The first-order chi connectivity index (χ1) is 6.63. The second-order valence-corrected chi connectivity index (χ2v) is 4.18. The van der Waals surface area contributed by atoms with E-state index < -0.39 is 0 Å². The predicted molar refractivity (Wildman–Crippen MR) is 61.8 cm³/mol. The molecule has 0 saturated carbocycles. The van der Waals surface area contributed by atoms with Gasteiger partial charge in [0.25, 0.3) is 0 Å². The summed E-state index contributed by atoms with van der Waals surface area (Å²) in [5.41, 5.74) is 2.77. The summed E-state index contributed by atoms with van der Waals surface area (Å²) in [6.07, 6.45) is 0. The molecule has 1 aromatic heterocycles. The van der Waals surface area contributed by atoms with Gasteiger partial charge in [-0.3, -0.25) is 0 Å². The minimum atomic E-state index is 0.544. The van der Waals surface area contributed by atoms with Gasteiger partial charge in [-0.2, -0.15) is 0 Å². The summed E-state index contributed by atoms with van der Waals surface area (Å²) in [7, 11) is 0. The van der Waals surface area contributed by atoms with Crippen molar-refractivity contribution >= 4 is 10.8 Å². The Morgan fingerprint density at radius 1 is 0.929 bits per heavy atom. The highest BCUT2D eigenvalue weighted by Gasteiger charge is 2.11. The van der Waals surface area contributed by atoms with Crippen molar-refractivity contribution in [2.45, 2.75) is 33.7 Å². The predicted octanol–water partition coefficient (Wildman–Crippen LogP) is 3.84. The summed E-state index contributed by atoms with van der Waals surface area (Å²) >= 11 is 0. The lowest BCUT2D eigenvalue weighted by atomic mass is 10.1. The first-order valence-corrected chi connectivity index (χ1v) is 5.19. The standard InChI is InChI=1S/C13H17N/c1-9(2)14-10(3)12-7-5-6-8-13(12)11(14)4/h5-9H,1-4H3. The summed E-state index contributed by atoms with van der Waals surface area (Å²) in [5.74, 6) is 0. The summed E-state index contributed by atoms with van der Waals surface area (Å²) in [6.45, 7) is 8.88. The van der Waals surface area contributed by atoms with Crippen LogP contribution in [0.1, 0.15) is 31.3 Å². The van der Waals surface area contributed by atoms with Gasteiger partial charge in [0.2, 0.25) is 0 Å². The normalized spacial score (nSPS) is 11.5. The second-order valence-electron chi connectivity index (χ2n) is 4.18. The Hall–Kier alpha value is -1.24. The van der Waals surface area contributed by atoms with E-state index in [0.29, 0.717) is 6.04 Å². The van der Waals surface area contributed by atoms with Crippen LogP contribution < -0.4 is 0 Å². The fraction of sp³-hybridized carbons (Fsp3) is 0.385. The van der Waals surface area contributed by atoms with Crippen LogP contribution in [0.5, 0.6) is 0 Å². The molecular weight excluding hydrogens is 170 g/mol. The molecular formula is C13H17N. The Morgan fingerprint density at radius 2 is 1.36 bits per heavy atom. The Kier molecular flexibility index (Phi) is 2.10. The van der Waals surface area contributed by atoms with Crippen molar-refractivity contribution in [3.8, 4) is 0 Å². The number of rotatable bonds is 1. The maximum atomic E-state index is 2.41. The van der Waals surface area contributed by atoms with Gasteiger partial charge < -0.3 is 4.57 Å². The summed E-state index contributed by atoms with van der Waals surface area (Å²) in [6, 6.07) is 9.17. The largest absolute Gasteiger partial charge is 0.345 e. The van der Waals surface area contributed by atoms with Gasteiger partial charge in [0, 0.05) is 28.2 Å². The number of aryl methyl sites for hydroxylation is 2. The van der Waals surface area contributed by atoms with Crippen molar-refractivity contribution in [2.75, 3.05) is 0 Å². The Labute approximate surface area is 85.4 Å². The van der Waals surface area contributed by atoms with Crippen LogP contribution in [-0.2, 0) is 0 Å². The van der Waals surface area contributed by atoms with E-state index in [1.54, 1.807) is 0 Å². The molecule has 0 fully saturated rings. The zero-order chi connectivity index (χ0) is 10.3. The van der Waals surface area contributed by atoms with Crippen molar-refractivity contribution in [2.24, 2.45) is 0 Å². The van der Waals surface area contributed by atoms with E-state index >= 15 is 0 Å². The molecule has 1 heterocycles. The number of hydrogen-bond acceptors (Lipinski definition) is 0. The summed E-state index contributed by atoms with van der Waals surface area (Å²) in [5, 5.41) is 2.78. The van der Waals surface area contributed by atoms with Crippen molar-refractivity contribution in [1.82, 2.24) is 4.57 Å². The first-order valence-electron chi connectivity index (χ1n) is 5.19. The quantitative estimate of drug-likeness (QED) is 0.639. The number of benzene rings is 1. The van der Waals surface area contributed by atoms with Gasteiger partial charge in [-0.25, -0.2) is 0 Å². The molecule has 0 atom stereocenters. The lowest BCUT2D eigenvalue weighted by Gasteiger charge is -2.12. The second kappa shape index (κ2) is 3.16. The van der Waals surface area contributed by atoms with Crippen LogP contribution in [0.4, 0.5) is 0 Å². The molecule has 0 N–H and O–H groups in total. The molecule has 0 unspecified atom stereocenters. The van der Waals surface area contributed by atoms with Gasteiger partial charge in [-0.1, -0.05) is 24.3 Å². The van der Waals surface area contributed by atoms with E-state index in [4.69, 9.17) is 0 Å². The van der Waals surface area contributed by atoms with Gasteiger partial charge in [0.15, 0.2) is 0 Å². The highest BCUT2D eigenvalue weighted by molar-refractivity contribution is 5.88. The minimum Gasteiger partial charge on any atom is -0.345 e. The lowest BCUT2D eigenvalue weighted by Crippen LogP contribution is -2.04. The fourth-order valence-electron chi connectivity index (χ4n) is 2.40. The van der Waals surface area contributed by atoms with Crippen molar-refractivity contribution in [3.63, 3.8) is 0 Å². The molecule has 0 aliphatic rings. The van der Waals surface area contributed by atoms with E-state index in [1.807, 2.05) is 0 Å². The summed E-state index contributed by atoms with van der Waals surface area (Å²) in [4.78, 5) is 0. The molecule has 14 heavy (non-hydrogen) atoms. The monoisotopic (exact) mass is 187 g/mol. The van der Waals surface area contributed by atoms with Gasteiger partial charge in [-0.15, -0.1) is 0 Å². The average Bonchev–Trinajstić information content (AvgIpc) is 2.41. The van der Waals surface area contributed by atoms with Gasteiger partial charge in [0.05, 0.1) is 0 Å². The topological polar surface area (TPSA) is 4.93 Å². The Balaban J connectivity index is 2.85. The minimum absolute atomic E-state index is 0.544. The zero-order valence-corrected chi connectivity index (χ0v) is 9.33. The molecule has 1 aromatic carbocycles. The lowest BCUT2D eigenvalue weighted by molar-refractivity contribution is 0.577. The first kappa shape index (κ1) is 9.32. The van der Waals surface area contributed by atoms with E-state index in [2.05, 4.69) is 56.5 Å². The maximum absolute atomic E-state index is 2.41. The zero-order valence-electron chi connectivity index (χ0n) is 9.33. The third kappa shape index (κ3) is 1.16. The van der Waals surface area contributed by atoms with Crippen LogP contribution in [0.25, 0.3) is 10.8 Å².